The van der Waals surface area contributed by atoms with Crippen molar-refractivity contribution in [2.24, 2.45) is 0 Å². The van der Waals surface area contributed by atoms with E-state index >= 15 is 0 Å². The first kappa shape index (κ1) is 14.1. The van der Waals surface area contributed by atoms with Gasteiger partial charge in [-0.2, -0.15) is 0 Å². The summed E-state index contributed by atoms with van der Waals surface area (Å²) in [6, 6.07) is 17.5. The maximum Gasteiger partial charge on any atom is 0.120 e. The van der Waals surface area contributed by atoms with Crippen LogP contribution in [0.25, 0.3) is 10.9 Å². The van der Waals surface area contributed by atoms with Crippen LogP contribution in [0.4, 0.5) is 0 Å². The van der Waals surface area contributed by atoms with Crippen molar-refractivity contribution in [1.29, 1.82) is 0 Å². The molecule has 3 heteroatoms. The average Bonchev–Trinajstić information content (AvgIpc) is 2.97. The molecule has 1 aromatic heterocycles. The Balaban J connectivity index is 1.52. The lowest BCUT2D eigenvalue weighted by Gasteiger charge is -2.31. The molecule has 1 aliphatic carbocycles. The standard InChI is InChI=1S/C21H22N2O/c1-2-5-15(6-3-1)14-24-16-9-10-20-18(13-16)17-7-4-8-19-21(17)23(20)12-11-22-19/h1-3,5-6,9-10,13,19,22H,4,7-8,11-12,14H2/t19-/m0/s1. The molecule has 0 saturated carbocycles. The number of fused-ring (bicyclic) bond motifs is 3. The molecular formula is C21H22N2O. The Hall–Kier alpha value is -2.26. The predicted molar refractivity (Wildman–Crippen MR) is 96.4 cm³/mol. The Morgan fingerprint density at radius 3 is 2.96 bits per heavy atom. The molecule has 0 bridgehead atoms. The summed E-state index contributed by atoms with van der Waals surface area (Å²) in [5.41, 5.74) is 5.65. The number of hydrogen-bond acceptors (Lipinski definition) is 2. The van der Waals surface area contributed by atoms with Crippen LogP contribution < -0.4 is 10.1 Å². The zero-order valence-corrected chi connectivity index (χ0v) is 13.8. The van der Waals surface area contributed by atoms with Crippen molar-refractivity contribution < 1.29 is 4.74 Å². The fraction of sp³-hybridized carbons (Fsp3) is 0.333. The quantitative estimate of drug-likeness (QED) is 0.783. The van der Waals surface area contributed by atoms with Gasteiger partial charge in [0.05, 0.1) is 0 Å². The van der Waals surface area contributed by atoms with Gasteiger partial charge in [-0.3, -0.25) is 0 Å². The Morgan fingerprint density at radius 2 is 2.04 bits per heavy atom. The number of ether oxygens (including phenoxy) is 1. The largest absolute Gasteiger partial charge is 0.489 e. The molecule has 3 aromatic rings. The van der Waals surface area contributed by atoms with E-state index in [-0.39, 0.29) is 0 Å². The molecule has 1 N–H and O–H groups in total. The minimum absolute atomic E-state index is 0.545. The summed E-state index contributed by atoms with van der Waals surface area (Å²) >= 11 is 0. The third-order valence-corrected chi connectivity index (χ3v) is 5.41. The van der Waals surface area contributed by atoms with Crippen LogP contribution in [0.1, 0.15) is 35.7 Å². The molecule has 0 amide bonds. The first-order chi connectivity index (χ1) is 11.9. The molecule has 1 aliphatic heterocycles. The minimum Gasteiger partial charge on any atom is -0.489 e. The van der Waals surface area contributed by atoms with E-state index in [1.54, 1.807) is 5.56 Å². The van der Waals surface area contributed by atoms with Crippen LogP contribution in [-0.4, -0.2) is 11.1 Å². The number of hydrogen-bond donors (Lipinski definition) is 1. The van der Waals surface area contributed by atoms with Crippen molar-refractivity contribution in [2.45, 2.75) is 38.5 Å². The van der Waals surface area contributed by atoms with Crippen molar-refractivity contribution in [3.63, 3.8) is 0 Å². The molecule has 0 fully saturated rings. The molecule has 2 aromatic carbocycles. The Labute approximate surface area is 142 Å². The minimum atomic E-state index is 0.545. The summed E-state index contributed by atoms with van der Waals surface area (Å²) < 4.78 is 8.59. The molecule has 0 radical (unpaired) electrons. The van der Waals surface area contributed by atoms with Crippen molar-refractivity contribution in [3.8, 4) is 5.75 Å². The van der Waals surface area contributed by atoms with Crippen LogP contribution in [0.2, 0.25) is 0 Å². The Morgan fingerprint density at radius 1 is 1.12 bits per heavy atom. The van der Waals surface area contributed by atoms with Gasteiger partial charge in [0.1, 0.15) is 12.4 Å². The van der Waals surface area contributed by atoms with Crippen LogP contribution in [0.3, 0.4) is 0 Å². The third-order valence-electron chi connectivity index (χ3n) is 5.41. The van der Waals surface area contributed by atoms with E-state index in [4.69, 9.17) is 4.74 Å². The molecule has 1 atom stereocenters. The van der Waals surface area contributed by atoms with Gasteiger partial charge in [-0.05, 0) is 48.6 Å². The highest BCUT2D eigenvalue weighted by Gasteiger charge is 2.29. The van der Waals surface area contributed by atoms with Gasteiger partial charge >= 0.3 is 0 Å². The normalized spacial score (nSPS) is 19.2. The summed E-state index contributed by atoms with van der Waals surface area (Å²) in [6.45, 7) is 2.78. The monoisotopic (exact) mass is 318 g/mol. The zero-order valence-electron chi connectivity index (χ0n) is 13.8. The number of rotatable bonds is 3. The maximum absolute atomic E-state index is 6.05. The average molecular weight is 318 g/mol. The van der Waals surface area contributed by atoms with Crippen molar-refractivity contribution in [1.82, 2.24) is 9.88 Å². The van der Waals surface area contributed by atoms with Crippen molar-refractivity contribution >= 4 is 10.9 Å². The van der Waals surface area contributed by atoms with E-state index in [1.807, 2.05) is 6.07 Å². The Bertz CT molecular complexity index is 880. The molecule has 5 rings (SSSR count). The van der Waals surface area contributed by atoms with E-state index in [0.29, 0.717) is 12.6 Å². The number of aromatic nitrogens is 1. The van der Waals surface area contributed by atoms with E-state index in [0.717, 1.165) is 18.8 Å². The van der Waals surface area contributed by atoms with Gasteiger partial charge in [-0.15, -0.1) is 0 Å². The molecule has 2 heterocycles. The highest BCUT2D eigenvalue weighted by Crippen LogP contribution is 2.40. The van der Waals surface area contributed by atoms with Gasteiger partial charge in [0.15, 0.2) is 0 Å². The Kier molecular flexibility index (Phi) is 3.34. The van der Waals surface area contributed by atoms with Gasteiger partial charge in [0, 0.05) is 35.7 Å². The fourth-order valence-electron chi connectivity index (χ4n) is 4.32. The number of nitrogens with one attached hydrogen (secondary N) is 1. The second-order valence-electron chi connectivity index (χ2n) is 6.87. The first-order valence-corrected chi connectivity index (χ1v) is 8.95. The number of aryl methyl sites for hydroxylation is 1. The van der Waals surface area contributed by atoms with Crippen molar-refractivity contribution in [2.75, 3.05) is 6.54 Å². The lowest BCUT2D eigenvalue weighted by atomic mass is 9.91. The highest BCUT2D eigenvalue weighted by atomic mass is 16.5. The number of nitrogens with zero attached hydrogens (tertiary/aromatic N) is 1. The van der Waals surface area contributed by atoms with Gasteiger partial charge in [-0.1, -0.05) is 30.3 Å². The summed E-state index contributed by atoms with van der Waals surface area (Å²) in [4.78, 5) is 0. The molecule has 122 valence electrons. The van der Waals surface area contributed by atoms with Gasteiger partial charge in [0.25, 0.3) is 0 Å². The van der Waals surface area contributed by atoms with E-state index < -0.39 is 0 Å². The molecule has 0 spiro atoms. The van der Waals surface area contributed by atoms with E-state index in [1.165, 1.54) is 41.4 Å². The molecule has 0 saturated heterocycles. The topological polar surface area (TPSA) is 26.2 Å². The second-order valence-corrected chi connectivity index (χ2v) is 6.87. The lowest BCUT2D eigenvalue weighted by molar-refractivity contribution is 0.306. The molecule has 24 heavy (non-hydrogen) atoms. The second kappa shape index (κ2) is 5.67. The summed E-state index contributed by atoms with van der Waals surface area (Å²) in [5.74, 6) is 0.973. The summed E-state index contributed by atoms with van der Waals surface area (Å²) in [7, 11) is 0. The van der Waals surface area contributed by atoms with E-state index in [9.17, 15) is 0 Å². The fourth-order valence-corrected chi connectivity index (χ4v) is 4.32. The molecule has 3 nitrogen and oxygen atoms in total. The summed E-state index contributed by atoms with van der Waals surface area (Å²) in [6.07, 6.45) is 3.73. The zero-order chi connectivity index (χ0) is 15.9. The molecular weight excluding hydrogens is 296 g/mol. The van der Waals surface area contributed by atoms with Crippen LogP contribution >= 0.6 is 0 Å². The molecule has 2 aliphatic rings. The summed E-state index contributed by atoms with van der Waals surface area (Å²) in [5, 5.41) is 5.08. The lowest BCUT2D eigenvalue weighted by Crippen LogP contribution is -2.35. The maximum atomic E-state index is 6.05. The SMILES string of the molecule is c1ccc(COc2ccc3c(c2)c2c4n3CCN[C@H]4CCC2)cc1. The smallest absolute Gasteiger partial charge is 0.120 e. The van der Waals surface area contributed by atoms with Gasteiger partial charge in [0.2, 0.25) is 0 Å². The van der Waals surface area contributed by atoms with Crippen LogP contribution in [0, 0.1) is 0 Å². The number of benzene rings is 2. The predicted octanol–water partition coefficient (Wildman–Crippen LogP) is 4.20. The van der Waals surface area contributed by atoms with Gasteiger partial charge in [-0.25, -0.2) is 0 Å². The first-order valence-electron chi connectivity index (χ1n) is 8.95. The van der Waals surface area contributed by atoms with Crippen LogP contribution in [0.5, 0.6) is 5.75 Å². The third kappa shape index (κ3) is 2.23. The molecule has 0 unspecified atom stereocenters. The van der Waals surface area contributed by atoms with Gasteiger partial charge < -0.3 is 14.6 Å². The van der Waals surface area contributed by atoms with Crippen molar-refractivity contribution in [3.05, 3.63) is 65.4 Å². The van der Waals surface area contributed by atoms with Crippen LogP contribution in [-0.2, 0) is 19.6 Å². The van der Waals surface area contributed by atoms with E-state index in [2.05, 4.69) is 52.3 Å². The highest BCUT2D eigenvalue weighted by molar-refractivity contribution is 5.87. The van der Waals surface area contributed by atoms with Crippen LogP contribution in [0.15, 0.2) is 48.5 Å².